The van der Waals surface area contributed by atoms with Crippen LogP contribution in [0.4, 0.5) is 5.69 Å². The third kappa shape index (κ3) is 5.07. The van der Waals surface area contributed by atoms with E-state index in [2.05, 4.69) is 10.0 Å². The molecule has 1 heterocycles. The normalized spacial score (nSPS) is 17.0. The van der Waals surface area contributed by atoms with E-state index >= 15 is 0 Å². The monoisotopic (exact) mass is 408 g/mol. The van der Waals surface area contributed by atoms with Gasteiger partial charge in [-0.05, 0) is 55.7 Å². The summed E-state index contributed by atoms with van der Waals surface area (Å²) in [6.45, 7) is 2.73. The van der Waals surface area contributed by atoms with Gasteiger partial charge < -0.3 is 10.1 Å². The lowest BCUT2D eigenvalue weighted by Gasteiger charge is -2.12. The average molecular weight is 409 g/mol. The number of sulfonamides is 1. The van der Waals surface area contributed by atoms with Gasteiger partial charge in [-0.3, -0.25) is 4.79 Å². The minimum atomic E-state index is -3.72. The highest BCUT2D eigenvalue weighted by Gasteiger charge is 2.21. The summed E-state index contributed by atoms with van der Waals surface area (Å²) in [6, 6.07) is 11.1. The first kappa shape index (κ1) is 19.8. The molecule has 1 aliphatic rings. The number of hydrogen-bond donors (Lipinski definition) is 2. The van der Waals surface area contributed by atoms with Crippen molar-refractivity contribution in [3.8, 4) is 0 Å². The molecule has 1 aliphatic heterocycles. The van der Waals surface area contributed by atoms with Crippen molar-refractivity contribution in [1.82, 2.24) is 4.72 Å². The highest BCUT2D eigenvalue weighted by Crippen LogP contribution is 2.21. The van der Waals surface area contributed by atoms with Crippen LogP contribution in [0.1, 0.15) is 28.8 Å². The van der Waals surface area contributed by atoms with Gasteiger partial charge in [0.1, 0.15) is 0 Å². The lowest BCUT2D eigenvalue weighted by atomic mass is 10.1. The molecule has 2 aromatic rings. The van der Waals surface area contributed by atoms with E-state index in [4.69, 9.17) is 16.3 Å². The van der Waals surface area contributed by atoms with Crippen LogP contribution in [0.25, 0.3) is 0 Å². The van der Waals surface area contributed by atoms with Crippen LogP contribution in [-0.2, 0) is 14.8 Å². The molecule has 0 radical (unpaired) electrons. The van der Waals surface area contributed by atoms with Crippen LogP contribution >= 0.6 is 11.6 Å². The Hall–Kier alpha value is -1.93. The molecule has 1 unspecified atom stereocenters. The first-order valence-electron chi connectivity index (χ1n) is 8.64. The minimum Gasteiger partial charge on any atom is -0.377 e. The van der Waals surface area contributed by atoms with Gasteiger partial charge in [0, 0.05) is 29.4 Å². The Morgan fingerprint density at radius 3 is 2.81 bits per heavy atom. The Bertz CT molecular complexity index is 940. The first-order chi connectivity index (χ1) is 12.8. The highest BCUT2D eigenvalue weighted by molar-refractivity contribution is 7.89. The van der Waals surface area contributed by atoms with Crippen LogP contribution in [0.3, 0.4) is 0 Å². The van der Waals surface area contributed by atoms with Crippen molar-refractivity contribution in [2.75, 3.05) is 18.5 Å². The summed E-state index contributed by atoms with van der Waals surface area (Å²) in [5.74, 6) is -0.406. The molecule has 3 rings (SSSR count). The highest BCUT2D eigenvalue weighted by atomic mass is 35.5. The van der Waals surface area contributed by atoms with Gasteiger partial charge in [-0.25, -0.2) is 13.1 Å². The number of rotatable bonds is 6. The number of nitrogens with one attached hydrogen (secondary N) is 2. The zero-order valence-electron chi connectivity index (χ0n) is 14.9. The summed E-state index contributed by atoms with van der Waals surface area (Å²) in [7, 11) is -3.72. The van der Waals surface area contributed by atoms with E-state index in [0.29, 0.717) is 17.3 Å². The quantitative estimate of drug-likeness (QED) is 0.767. The lowest BCUT2D eigenvalue weighted by Crippen LogP contribution is -2.32. The summed E-state index contributed by atoms with van der Waals surface area (Å²) in [5.41, 5.74) is 1.68. The molecule has 0 bridgehead atoms. The third-order valence-electron chi connectivity index (χ3n) is 4.38. The summed E-state index contributed by atoms with van der Waals surface area (Å²) >= 11 is 5.97. The molecule has 2 aromatic carbocycles. The van der Waals surface area contributed by atoms with Gasteiger partial charge in [-0.15, -0.1) is 0 Å². The summed E-state index contributed by atoms with van der Waals surface area (Å²) in [4.78, 5) is 12.6. The van der Waals surface area contributed by atoms with Crippen molar-refractivity contribution in [1.29, 1.82) is 0 Å². The predicted molar refractivity (Wildman–Crippen MR) is 105 cm³/mol. The number of ether oxygens (including phenoxy) is 1. The molecule has 6 nitrogen and oxygen atoms in total. The number of halogens is 1. The zero-order chi connectivity index (χ0) is 19.4. The number of amides is 1. The van der Waals surface area contributed by atoms with E-state index in [0.717, 1.165) is 18.4 Å². The molecule has 144 valence electrons. The van der Waals surface area contributed by atoms with Crippen LogP contribution in [0.5, 0.6) is 0 Å². The van der Waals surface area contributed by atoms with E-state index < -0.39 is 15.9 Å². The smallest absolute Gasteiger partial charge is 0.255 e. The Balaban J connectivity index is 1.73. The van der Waals surface area contributed by atoms with Crippen LogP contribution in [0.2, 0.25) is 5.02 Å². The topological polar surface area (TPSA) is 84.5 Å². The number of carbonyl (C=O) groups is 1. The molecular formula is C19H21ClN2O4S. The van der Waals surface area contributed by atoms with Gasteiger partial charge >= 0.3 is 0 Å². The largest absolute Gasteiger partial charge is 0.377 e. The number of carbonyl (C=O) groups excluding carboxylic acids is 1. The molecule has 1 fully saturated rings. The van der Waals surface area contributed by atoms with E-state index in [1.54, 1.807) is 30.3 Å². The Morgan fingerprint density at radius 1 is 1.26 bits per heavy atom. The number of hydrogen-bond acceptors (Lipinski definition) is 4. The molecular weight excluding hydrogens is 388 g/mol. The van der Waals surface area contributed by atoms with Crippen molar-refractivity contribution in [2.45, 2.75) is 30.8 Å². The van der Waals surface area contributed by atoms with Crippen molar-refractivity contribution < 1.29 is 17.9 Å². The van der Waals surface area contributed by atoms with Crippen molar-refractivity contribution in [2.24, 2.45) is 0 Å². The van der Waals surface area contributed by atoms with Gasteiger partial charge in [-0.1, -0.05) is 23.7 Å². The Kier molecular flexibility index (Phi) is 6.16. The van der Waals surface area contributed by atoms with E-state index in [9.17, 15) is 13.2 Å². The van der Waals surface area contributed by atoms with Gasteiger partial charge in [-0.2, -0.15) is 0 Å². The number of anilines is 1. The Labute approximate surface area is 163 Å². The maximum absolute atomic E-state index is 12.5. The van der Waals surface area contributed by atoms with Gasteiger partial charge in [0.2, 0.25) is 10.0 Å². The minimum absolute atomic E-state index is 0.0379. The SMILES string of the molecule is Cc1ccc(Cl)cc1NC(=O)c1cccc(S(=O)(=O)NCC2CCCO2)c1. The average Bonchev–Trinajstić information content (AvgIpc) is 3.17. The van der Waals surface area contributed by atoms with Crippen LogP contribution in [0.15, 0.2) is 47.4 Å². The summed E-state index contributed by atoms with van der Waals surface area (Å²) < 4.78 is 33.0. The first-order valence-corrected chi connectivity index (χ1v) is 10.5. The second kappa shape index (κ2) is 8.39. The fraction of sp³-hybridized carbons (Fsp3) is 0.316. The van der Waals surface area contributed by atoms with E-state index in [-0.39, 0.29) is 23.1 Å². The second-order valence-corrected chi connectivity index (χ2v) is 8.63. The predicted octanol–water partition coefficient (Wildman–Crippen LogP) is 3.36. The maximum atomic E-state index is 12.5. The third-order valence-corrected chi connectivity index (χ3v) is 6.04. The van der Waals surface area contributed by atoms with Crippen molar-refractivity contribution in [3.63, 3.8) is 0 Å². The molecule has 1 atom stereocenters. The van der Waals surface area contributed by atoms with E-state index in [1.165, 1.54) is 12.1 Å². The lowest BCUT2D eigenvalue weighted by molar-refractivity contribution is 0.102. The van der Waals surface area contributed by atoms with Crippen LogP contribution in [0, 0.1) is 6.92 Å². The van der Waals surface area contributed by atoms with Gasteiger partial charge in [0.15, 0.2) is 0 Å². The molecule has 8 heteroatoms. The summed E-state index contributed by atoms with van der Waals surface area (Å²) in [5, 5.41) is 3.27. The molecule has 0 saturated carbocycles. The standard InChI is InChI=1S/C19H21ClN2O4S/c1-13-7-8-15(20)11-18(13)22-19(23)14-4-2-6-17(10-14)27(24,25)21-12-16-5-3-9-26-16/h2,4,6-8,10-11,16,21H,3,5,9,12H2,1H3,(H,22,23). The summed E-state index contributed by atoms with van der Waals surface area (Å²) in [6.07, 6.45) is 1.67. The molecule has 1 saturated heterocycles. The fourth-order valence-corrected chi connectivity index (χ4v) is 4.10. The maximum Gasteiger partial charge on any atom is 0.255 e. The van der Waals surface area contributed by atoms with Gasteiger partial charge in [0.25, 0.3) is 5.91 Å². The molecule has 0 aliphatic carbocycles. The number of benzene rings is 2. The van der Waals surface area contributed by atoms with Crippen molar-refractivity contribution in [3.05, 3.63) is 58.6 Å². The van der Waals surface area contributed by atoms with Crippen LogP contribution in [-0.4, -0.2) is 33.6 Å². The molecule has 1 amide bonds. The molecule has 27 heavy (non-hydrogen) atoms. The molecule has 0 aromatic heterocycles. The van der Waals surface area contributed by atoms with Crippen molar-refractivity contribution >= 4 is 33.2 Å². The van der Waals surface area contributed by atoms with E-state index in [1.807, 2.05) is 6.92 Å². The molecule has 0 spiro atoms. The van der Waals surface area contributed by atoms with Gasteiger partial charge in [0.05, 0.1) is 11.0 Å². The Morgan fingerprint density at radius 2 is 2.07 bits per heavy atom. The zero-order valence-corrected chi connectivity index (χ0v) is 16.4. The molecule has 2 N–H and O–H groups in total. The van der Waals surface area contributed by atoms with Crippen LogP contribution < -0.4 is 10.0 Å². The number of aryl methyl sites for hydroxylation is 1. The second-order valence-electron chi connectivity index (χ2n) is 6.43. The fourth-order valence-electron chi connectivity index (χ4n) is 2.82.